The lowest BCUT2D eigenvalue weighted by atomic mass is 10.2. The van der Waals surface area contributed by atoms with Gasteiger partial charge in [0.1, 0.15) is 10.9 Å². The summed E-state index contributed by atoms with van der Waals surface area (Å²) >= 11 is 1.51. The molecule has 0 aliphatic rings. The average molecular weight is 308 g/mol. The molecule has 5 nitrogen and oxygen atoms in total. The van der Waals surface area contributed by atoms with Crippen LogP contribution >= 0.6 is 11.3 Å². The molecule has 0 amide bonds. The maximum atomic E-state index is 12.5. The van der Waals surface area contributed by atoms with Crippen molar-refractivity contribution in [3.8, 4) is 0 Å². The Morgan fingerprint density at radius 1 is 1.43 bits per heavy atom. The van der Waals surface area contributed by atoms with Gasteiger partial charge in [-0.2, -0.15) is 0 Å². The Kier molecular flexibility index (Phi) is 4.77. The fourth-order valence-corrected chi connectivity index (χ4v) is 2.85. The summed E-state index contributed by atoms with van der Waals surface area (Å²) in [5.74, 6) is -0.139. The Labute approximate surface area is 127 Å². The molecule has 2 aromatic rings. The number of carbonyl (C=O) groups excluding carboxylic acids is 1. The van der Waals surface area contributed by atoms with E-state index in [2.05, 4.69) is 4.98 Å². The van der Waals surface area contributed by atoms with Gasteiger partial charge in [-0.05, 0) is 25.3 Å². The highest BCUT2D eigenvalue weighted by Crippen LogP contribution is 2.21. The zero-order valence-corrected chi connectivity index (χ0v) is 13.6. The normalized spacial score (nSPS) is 12.8. The first-order chi connectivity index (χ1) is 9.93. The molecule has 0 aliphatic heterocycles. The molecule has 114 valence electrons. The van der Waals surface area contributed by atoms with E-state index >= 15 is 0 Å². The van der Waals surface area contributed by atoms with Crippen LogP contribution < -0.4 is 5.56 Å². The summed E-state index contributed by atoms with van der Waals surface area (Å²) < 4.78 is 6.53. The third-order valence-electron chi connectivity index (χ3n) is 3.19. The van der Waals surface area contributed by atoms with E-state index in [1.54, 1.807) is 6.92 Å². The van der Waals surface area contributed by atoms with Gasteiger partial charge in [0.25, 0.3) is 5.56 Å². The van der Waals surface area contributed by atoms with Gasteiger partial charge in [0.15, 0.2) is 0 Å². The van der Waals surface area contributed by atoms with Crippen LogP contribution in [0.25, 0.3) is 10.2 Å². The van der Waals surface area contributed by atoms with Crippen LogP contribution in [0.15, 0.2) is 17.2 Å². The summed E-state index contributed by atoms with van der Waals surface area (Å²) in [7, 11) is 0. The fraction of sp³-hybridized carbons (Fsp3) is 0.533. The summed E-state index contributed by atoms with van der Waals surface area (Å²) in [5, 5.41) is 0.572. The lowest BCUT2D eigenvalue weighted by Crippen LogP contribution is -2.29. The van der Waals surface area contributed by atoms with Crippen molar-refractivity contribution in [2.45, 2.75) is 40.2 Å². The topological polar surface area (TPSA) is 61.2 Å². The van der Waals surface area contributed by atoms with Crippen LogP contribution in [0.3, 0.4) is 0 Å². The molecular weight excluding hydrogens is 288 g/mol. The number of ether oxygens (including phenoxy) is 1. The minimum absolute atomic E-state index is 0.190. The molecule has 0 unspecified atom stereocenters. The van der Waals surface area contributed by atoms with Crippen LogP contribution in [-0.4, -0.2) is 22.1 Å². The molecule has 2 rings (SSSR count). The third kappa shape index (κ3) is 3.32. The number of carbonyl (C=O) groups is 1. The highest BCUT2D eigenvalue weighted by molar-refractivity contribution is 7.18. The van der Waals surface area contributed by atoms with Gasteiger partial charge >= 0.3 is 5.97 Å². The summed E-state index contributed by atoms with van der Waals surface area (Å²) in [6.07, 6.45) is 2.30. The fourth-order valence-electron chi connectivity index (χ4n) is 1.92. The van der Waals surface area contributed by atoms with Crippen LogP contribution in [0.4, 0.5) is 0 Å². The Morgan fingerprint density at radius 2 is 2.14 bits per heavy atom. The van der Waals surface area contributed by atoms with Gasteiger partial charge in [0.05, 0.1) is 18.3 Å². The largest absolute Gasteiger partial charge is 0.464 e. The zero-order chi connectivity index (χ0) is 15.6. The van der Waals surface area contributed by atoms with E-state index in [0.717, 1.165) is 16.1 Å². The molecule has 1 atom stereocenters. The predicted molar refractivity (Wildman–Crippen MR) is 83.8 cm³/mol. The minimum Gasteiger partial charge on any atom is -0.464 e. The molecule has 0 saturated carbocycles. The van der Waals surface area contributed by atoms with Crippen LogP contribution in [0, 0.1) is 5.92 Å². The minimum atomic E-state index is -0.668. The molecule has 0 fully saturated rings. The Bertz CT molecular complexity index is 702. The quantitative estimate of drug-likeness (QED) is 0.797. The van der Waals surface area contributed by atoms with Crippen molar-refractivity contribution in [1.29, 1.82) is 0 Å². The first-order valence-electron chi connectivity index (χ1n) is 7.10. The van der Waals surface area contributed by atoms with E-state index < -0.39 is 12.0 Å². The number of aromatic nitrogens is 2. The van der Waals surface area contributed by atoms with E-state index in [9.17, 15) is 9.59 Å². The molecule has 0 bridgehead atoms. The molecule has 0 aliphatic carbocycles. The van der Waals surface area contributed by atoms with Crippen molar-refractivity contribution >= 4 is 27.5 Å². The molecule has 21 heavy (non-hydrogen) atoms. The lowest BCUT2D eigenvalue weighted by Gasteiger charge is -2.14. The Balaban J connectivity index is 2.31. The SMILES string of the molecule is CCc1cc2c(=O)n([C@H](C)C(=O)OCC(C)C)cnc2s1. The predicted octanol–water partition coefficient (Wildman–Crippen LogP) is 2.78. The molecular formula is C15H20N2O3S. The maximum absolute atomic E-state index is 12.5. The standard InChI is InChI=1S/C15H20N2O3S/c1-5-11-6-12-13(21-11)16-8-17(14(12)18)10(4)15(19)20-7-9(2)3/h6,8-10H,5,7H2,1-4H3/t10-/m1/s1. The zero-order valence-electron chi connectivity index (χ0n) is 12.8. The molecule has 0 aromatic carbocycles. The number of aryl methyl sites for hydroxylation is 1. The van der Waals surface area contributed by atoms with Crippen LogP contribution in [-0.2, 0) is 16.0 Å². The molecule has 2 aromatic heterocycles. The van der Waals surface area contributed by atoms with Gasteiger partial charge in [0.2, 0.25) is 0 Å². The first-order valence-corrected chi connectivity index (χ1v) is 7.91. The number of rotatable bonds is 5. The van der Waals surface area contributed by atoms with Crippen molar-refractivity contribution in [2.75, 3.05) is 6.61 Å². The Hall–Kier alpha value is -1.69. The average Bonchev–Trinajstić information content (AvgIpc) is 2.88. The van der Waals surface area contributed by atoms with Crippen molar-refractivity contribution in [2.24, 2.45) is 5.92 Å². The summed E-state index contributed by atoms with van der Waals surface area (Å²) in [4.78, 5) is 30.6. The van der Waals surface area contributed by atoms with Crippen molar-refractivity contribution in [3.05, 3.63) is 27.6 Å². The lowest BCUT2D eigenvalue weighted by molar-refractivity contribution is -0.148. The van der Waals surface area contributed by atoms with E-state index in [0.29, 0.717) is 12.0 Å². The molecule has 6 heteroatoms. The molecule has 0 radical (unpaired) electrons. The summed E-state index contributed by atoms with van der Waals surface area (Å²) in [6.45, 7) is 7.98. The van der Waals surface area contributed by atoms with E-state index in [-0.39, 0.29) is 11.5 Å². The molecule has 0 spiro atoms. The second-order valence-electron chi connectivity index (χ2n) is 5.44. The second-order valence-corrected chi connectivity index (χ2v) is 6.56. The third-order valence-corrected chi connectivity index (χ3v) is 4.38. The van der Waals surface area contributed by atoms with E-state index in [4.69, 9.17) is 4.74 Å². The molecule has 0 N–H and O–H groups in total. The number of hydrogen-bond acceptors (Lipinski definition) is 5. The molecule has 0 saturated heterocycles. The second kappa shape index (κ2) is 6.39. The van der Waals surface area contributed by atoms with Crippen molar-refractivity contribution in [3.63, 3.8) is 0 Å². The summed E-state index contributed by atoms with van der Waals surface area (Å²) in [5.41, 5.74) is -0.190. The first kappa shape index (κ1) is 15.7. The number of hydrogen-bond donors (Lipinski definition) is 0. The maximum Gasteiger partial charge on any atom is 0.329 e. The van der Waals surface area contributed by atoms with Crippen molar-refractivity contribution in [1.82, 2.24) is 9.55 Å². The number of esters is 1. The highest BCUT2D eigenvalue weighted by atomic mass is 32.1. The van der Waals surface area contributed by atoms with Gasteiger partial charge in [-0.25, -0.2) is 9.78 Å². The number of fused-ring (bicyclic) bond motifs is 1. The van der Waals surface area contributed by atoms with E-state index in [1.807, 2.05) is 26.8 Å². The highest BCUT2D eigenvalue weighted by Gasteiger charge is 2.20. The van der Waals surface area contributed by atoms with Gasteiger partial charge in [0, 0.05) is 4.88 Å². The number of thiophene rings is 1. The number of nitrogens with zero attached hydrogens (tertiary/aromatic N) is 2. The van der Waals surface area contributed by atoms with Crippen molar-refractivity contribution < 1.29 is 9.53 Å². The van der Waals surface area contributed by atoms with Crippen LogP contribution in [0.1, 0.15) is 38.6 Å². The van der Waals surface area contributed by atoms with Gasteiger partial charge < -0.3 is 4.74 Å². The van der Waals surface area contributed by atoms with Gasteiger partial charge in [-0.15, -0.1) is 11.3 Å². The summed E-state index contributed by atoms with van der Waals surface area (Å²) in [6, 6.07) is 1.19. The van der Waals surface area contributed by atoms with E-state index in [1.165, 1.54) is 22.2 Å². The van der Waals surface area contributed by atoms with Gasteiger partial charge in [-0.1, -0.05) is 20.8 Å². The smallest absolute Gasteiger partial charge is 0.329 e. The molecule has 2 heterocycles. The monoisotopic (exact) mass is 308 g/mol. The van der Waals surface area contributed by atoms with Crippen LogP contribution in [0.2, 0.25) is 0 Å². The van der Waals surface area contributed by atoms with Gasteiger partial charge in [-0.3, -0.25) is 9.36 Å². The van der Waals surface area contributed by atoms with Crippen LogP contribution in [0.5, 0.6) is 0 Å². The Morgan fingerprint density at radius 3 is 2.76 bits per heavy atom.